The number of nitrogens with zero attached hydrogens (tertiary/aromatic N) is 3. The molecule has 0 spiro atoms. The number of nitrogen functional groups attached to an aromatic ring is 1. The first kappa shape index (κ1) is 13.3. The Bertz CT molecular complexity index is 595. The normalized spacial score (nSPS) is 10.3. The van der Waals surface area contributed by atoms with E-state index in [0.29, 0.717) is 6.61 Å². The van der Waals surface area contributed by atoms with Crippen LogP contribution in [0.4, 0.5) is 22.0 Å². The van der Waals surface area contributed by atoms with Gasteiger partial charge in [0.15, 0.2) is 5.82 Å². The average Bonchev–Trinajstić information content (AvgIpc) is 2.35. The van der Waals surface area contributed by atoms with E-state index in [9.17, 15) is 4.39 Å². The molecule has 19 heavy (non-hydrogen) atoms. The van der Waals surface area contributed by atoms with Gasteiger partial charge >= 0.3 is 6.01 Å². The van der Waals surface area contributed by atoms with Gasteiger partial charge in [0.2, 0.25) is 11.9 Å². The summed E-state index contributed by atoms with van der Waals surface area (Å²) in [6.07, 6.45) is 0. The standard InChI is InChI=1S/C11H11ClFN5O/c1-2-19-11-17-9(14)16-10(18-11)15-7-5-3-4-6(12)8(7)13/h3-5H,2H2,1H3,(H3,14,15,16,17,18). The molecule has 8 heteroatoms. The number of nitrogens with two attached hydrogens (primary N) is 1. The highest BCUT2D eigenvalue weighted by Crippen LogP contribution is 2.24. The van der Waals surface area contributed by atoms with Gasteiger partial charge in [-0.15, -0.1) is 0 Å². The van der Waals surface area contributed by atoms with Gasteiger partial charge < -0.3 is 15.8 Å². The van der Waals surface area contributed by atoms with E-state index in [-0.39, 0.29) is 28.6 Å². The van der Waals surface area contributed by atoms with Crippen LogP contribution in [0.5, 0.6) is 6.01 Å². The molecule has 0 fully saturated rings. The maximum Gasteiger partial charge on any atom is 0.323 e. The van der Waals surface area contributed by atoms with Crippen molar-refractivity contribution in [3.63, 3.8) is 0 Å². The van der Waals surface area contributed by atoms with Gasteiger partial charge in [0.05, 0.1) is 17.3 Å². The summed E-state index contributed by atoms with van der Waals surface area (Å²) in [5, 5.41) is 2.67. The fraction of sp³-hybridized carbons (Fsp3) is 0.182. The van der Waals surface area contributed by atoms with E-state index >= 15 is 0 Å². The molecular weight excluding hydrogens is 273 g/mol. The minimum absolute atomic E-state index is 0.00272. The van der Waals surface area contributed by atoms with E-state index in [1.165, 1.54) is 12.1 Å². The van der Waals surface area contributed by atoms with Gasteiger partial charge in [-0.25, -0.2) is 4.39 Å². The summed E-state index contributed by atoms with van der Waals surface area (Å²) in [7, 11) is 0. The molecule has 1 aromatic carbocycles. The minimum atomic E-state index is -0.596. The molecule has 0 amide bonds. The zero-order valence-corrected chi connectivity index (χ0v) is 10.8. The van der Waals surface area contributed by atoms with Gasteiger partial charge in [0, 0.05) is 0 Å². The van der Waals surface area contributed by atoms with Crippen molar-refractivity contribution in [1.82, 2.24) is 15.0 Å². The van der Waals surface area contributed by atoms with Crippen LogP contribution in [0.1, 0.15) is 6.92 Å². The summed E-state index contributed by atoms with van der Waals surface area (Å²) in [6.45, 7) is 2.16. The minimum Gasteiger partial charge on any atom is -0.464 e. The molecule has 2 aromatic rings. The van der Waals surface area contributed by atoms with Gasteiger partial charge in [-0.1, -0.05) is 17.7 Å². The molecule has 3 N–H and O–H groups in total. The number of hydrogen-bond acceptors (Lipinski definition) is 6. The number of aromatic nitrogens is 3. The lowest BCUT2D eigenvalue weighted by Crippen LogP contribution is -2.07. The molecule has 6 nitrogen and oxygen atoms in total. The first-order valence-electron chi connectivity index (χ1n) is 5.45. The summed E-state index contributed by atoms with van der Waals surface area (Å²) in [4.78, 5) is 11.6. The predicted molar refractivity (Wildman–Crippen MR) is 70.1 cm³/mol. The highest BCUT2D eigenvalue weighted by molar-refractivity contribution is 6.31. The van der Waals surface area contributed by atoms with E-state index < -0.39 is 5.82 Å². The molecule has 1 heterocycles. The van der Waals surface area contributed by atoms with Crippen LogP contribution in [0.3, 0.4) is 0 Å². The second kappa shape index (κ2) is 5.66. The van der Waals surface area contributed by atoms with Crippen molar-refractivity contribution in [3.05, 3.63) is 29.0 Å². The van der Waals surface area contributed by atoms with Gasteiger partial charge in [-0.2, -0.15) is 15.0 Å². The van der Waals surface area contributed by atoms with Crippen molar-refractivity contribution in [2.24, 2.45) is 0 Å². The summed E-state index contributed by atoms with van der Waals surface area (Å²) in [6, 6.07) is 4.61. The van der Waals surface area contributed by atoms with Crippen molar-refractivity contribution in [2.75, 3.05) is 17.7 Å². The molecule has 0 aliphatic rings. The molecule has 0 bridgehead atoms. The number of anilines is 3. The fourth-order valence-electron chi connectivity index (χ4n) is 1.34. The van der Waals surface area contributed by atoms with Crippen molar-refractivity contribution in [2.45, 2.75) is 6.92 Å². The van der Waals surface area contributed by atoms with Crippen LogP contribution in [0.15, 0.2) is 18.2 Å². The smallest absolute Gasteiger partial charge is 0.323 e. The van der Waals surface area contributed by atoms with Gasteiger partial charge in [0.25, 0.3) is 0 Å². The number of nitrogens with one attached hydrogen (secondary N) is 1. The molecule has 0 aliphatic heterocycles. The Labute approximate surface area is 113 Å². The Morgan fingerprint density at radius 3 is 2.89 bits per heavy atom. The third-order valence-corrected chi connectivity index (χ3v) is 2.40. The van der Waals surface area contributed by atoms with Crippen LogP contribution in [0.2, 0.25) is 5.02 Å². The fourth-order valence-corrected chi connectivity index (χ4v) is 1.52. The Hall–Kier alpha value is -2.15. The lowest BCUT2D eigenvalue weighted by molar-refractivity contribution is 0.312. The van der Waals surface area contributed by atoms with Crippen LogP contribution in [-0.2, 0) is 0 Å². The number of benzene rings is 1. The first-order valence-corrected chi connectivity index (χ1v) is 5.83. The molecular formula is C11H11ClFN5O. The zero-order valence-electron chi connectivity index (χ0n) is 10.0. The number of ether oxygens (including phenoxy) is 1. The molecule has 0 atom stereocenters. The number of hydrogen-bond donors (Lipinski definition) is 2. The molecule has 0 unspecified atom stereocenters. The molecule has 0 saturated heterocycles. The highest BCUT2D eigenvalue weighted by atomic mass is 35.5. The van der Waals surface area contributed by atoms with Crippen molar-refractivity contribution in [1.29, 1.82) is 0 Å². The lowest BCUT2D eigenvalue weighted by atomic mass is 10.3. The van der Waals surface area contributed by atoms with Crippen molar-refractivity contribution >= 4 is 29.2 Å². The van der Waals surface area contributed by atoms with Gasteiger partial charge in [-0.3, -0.25) is 0 Å². The summed E-state index contributed by atoms with van der Waals surface area (Å²) < 4.78 is 18.8. The van der Waals surface area contributed by atoms with Gasteiger partial charge in [-0.05, 0) is 19.1 Å². The lowest BCUT2D eigenvalue weighted by Gasteiger charge is -2.08. The Morgan fingerprint density at radius 1 is 1.37 bits per heavy atom. The number of rotatable bonds is 4. The van der Waals surface area contributed by atoms with Crippen molar-refractivity contribution in [3.8, 4) is 6.01 Å². The van der Waals surface area contributed by atoms with Crippen molar-refractivity contribution < 1.29 is 9.13 Å². The third-order valence-electron chi connectivity index (χ3n) is 2.10. The zero-order chi connectivity index (χ0) is 13.8. The first-order chi connectivity index (χ1) is 9.10. The van der Waals surface area contributed by atoms with E-state index in [2.05, 4.69) is 20.3 Å². The summed E-state index contributed by atoms with van der Waals surface area (Å²) in [5.41, 5.74) is 5.65. The van der Waals surface area contributed by atoms with Crippen LogP contribution in [0, 0.1) is 5.82 Å². The maximum atomic E-state index is 13.7. The van der Waals surface area contributed by atoms with E-state index in [0.717, 1.165) is 0 Å². The van der Waals surface area contributed by atoms with E-state index in [1.807, 2.05) is 0 Å². The predicted octanol–water partition coefficient (Wildman–Crippen LogP) is 2.39. The Morgan fingerprint density at radius 2 is 2.16 bits per heavy atom. The summed E-state index contributed by atoms with van der Waals surface area (Å²) in [5.74, 6) is -0.540. The van der Waals surface area contributed by atoms with Crippen LogP contribution >= 0.6 is 11.6 Å². The highest BCUT2D eigenvalue weighted by Gasteiger charge is 2.10. The SMILES string of the molecule is CCOc1nc(N)nc(Nc2cccc(Cl)c2F)n1. The van der Waals surface area contributed by atoms with Crippen LogP contribution < -0.4 is 15.8 Å². The Balaban J connectivity index is 2.30. The molecule has 1 aromatic heterocycles. The van der Waals surface area contributed by atoms with E-state index in [4.69, 9.17) is 22.1 Å². The summed E-state index contributed by atoms with van der Waals surface area (Å²) >= 11 is 5.67. The molecule has 0 saturated carbocycles. The monoisotopic (exact) mass is 283 g/mol. The van der Waals surface area contributed by atoms with Gasteiger partial charge in [0.1, 0.15) is 0 Å². The largest absolute Gasteiger partial charge is 0.464 e. The molecule has 0 aliphatic carbocycles. The molecule has 100 valence electrons. The number of halogens is 2. The maximum absolute atomic E-state index is 13.7. The van der Waals surface area contributed by atoms with Crippen LogP contribution in [-0.4, -0.2) is 21.6 Å². The quantitative estimate of drug-likeness (QED) is 0.896. The van der Waals surface area contributed by atoms with E-state index in [1.54, 1.807) is 13.0 Å². The molecule has 2 rings (SSSR count). The van der Waals surface area contributed by atoms with Crippen LogP contribution in [0.25, 0.3) is 0 Å². The third kappa shape index (κ3) is 3.19. The molecule has 0 radical (unpaired) electrons. The Kier molecular flexibility index (Phi) is 3.96. The topological polar surface area (TPSA) is 86.0 Å². The average molecular weight is 284 g/mol. The second-order valence-corrected chi connectivity index (χ2v) is 3.87. The second-order valence-electron chi connectivity index (χ2n) is 3.46.